The van der Waals surface area contributed by atoms with Gasteiger partial charge in [-0.15, -0.1) is 0 Å². The first-order chi connectivity index (χ1) is 19.3. The molecule has 42 heavy (non-hydrogen) atoms. The molecule has 0 bridgehead atoms. The number of carboxylic acid groups (broad SMARTS) is 1. The molecular weight excluding hydrogens is 542 g/mol. The van der Waals surface area contributed by atoms with Gasteiger partial charge in [-0.05, 0) is 86.6 Å². The lowest BCUT2D eigenvalue weighted by atomic mass is 9.81. The number of likely N-dealkylation sites (tertiary alicyclic amines) is 2. The van der Waals surface area contributed by atoms with Gasteiger partial charge in [0.25, 0.3) is 0 Å². The largest absolute Gasteiger partial charge is 0.481 e. The van der Waals surface area contributed by atoms with Crippen LogP contribution in [-0.4, -0.2) is 82.1 Å². The molecule has 3 amide bonds. The van der Waals surface area contributed by atoms with Gasteiger partial charge < -0.3 is 34.4 Å². The van der Waals surface area contributed by atoms with E-state index in [1.807, 2.05) is 78.8 Å². The van der Waals surface area contributed by atoms with E-state index in [1.165, 1.54) is 0 Å². The molecule has 1 aromatic carbocycles. The average Bonchev–Trinajstić information content (AvgIpc) is 2.87. The van der Waals surface area contributed by atoms with Crippen LogP contribution in [0.1, 0.15) is 86.6 Å². The highest BCUT2D eigenvalue weighted by Gasteiger charge is 2.39. The molecule has 1 aromatic rings. The zero-order valence-electron chi connectivity index (χ0n) is 26.5. The average molecular weight is 592 g/mol. The van der Waals surface area contributed by atoms with Gasteiger partial charge in [0, 0.05) is 31.7 Å². The molecule has 11 heteroatoms. The predicted octanol–water partition coefficient (Wildman–Crippen LogP) is 5.81. The van der Waals surface area contributed by atoms with E-state index in [0.717, 1.165) is 5.56 Å². The number of hydrogen-bond acceptors (Lipinski definition) is 7. The van der Waals surface area contributed by atoms with Crippen LogP contribution in [-0.2, 0) is 25.6 Å². The molecule has 2 N–H and O–H groups in total. The number of carbonyl (C=O) groups excluding carboxylic acids is 3. The molecule has 0 radical (unpaired) electrons. The Kier molecular flexibility index (Phi) is 11.7. The van der Waals surface area contributed by atoms with E-state index in [-0.39, 0.29) is 24.3 Å². The van der Waals surface area contributed by atoms with Crippen molar-refractivity contribution in [2.75, 3.05) is 26.2 Å². The van der Waals surface area contributed by atoms with Crippen LogP contribution in [0.3, 0.4) is 0 Å². The van der Waals surface area contributed by atoms with Crippen molar-refractivity contribution in [3.63, 3.8) is 0 Å². The van der Waals surface area contributed by atoms with Gasteiger partial charge in [0.15, 0.2) is 0 Å². The van der Waals surface area contributed by atoms with E-state index in [0.29, 0.717) is 51.9 Å². The molecule has 2 saturated heterocycles. The highest BCUT2D eigenvalue weighted by atomic mass is 16.6. The molecule has 2 aliphatic rings. The predicted molar refractivity (Wildman–Crippen MR) is 158 cm³/mol. The van der Waals surface area contributed by atoms with Gasteiger partial charge in [0.05, 0.1) is 5.41 Å². The Bertz CT molecular complexity index is 1060. The number of carboxylic acids is 1. The number of ether oxygens (including phenoxy) is 3. The molecule has 3 rings (SSSR count). The molecule has 2 heterocycles. The van der Waals surface area contributed by atoms with Gasteiger partial charge in [0.2, 0.25) is 0 Å². The minimum atomic E-state index is -0.790. The summed E-state index contributed by atoms with van der Waals surface area (Å²) < 4.78 is 15.9. The van der Waals surface area contributed by atoms with Crippen LogP contribution >= 0.6 is 0 Å². The Labute approximate surface area is 249 Å². The van der Waals surface area contributed by atoms with Crippen LogP contribution in [0.25, 0.3) is 0 Å². The molecule has 0 saturated carbocycles. The number of piperidine rings is 2. The number of hydrogen-bond donors (Lipinski definition) is 2. The van der Waals surface area contributed by atoms with Crippen LogP contribution in [0.5, 0.6) is 0 Å². The first-order valence-electron chi connectivity index (χ1n) is 14.5. The molecule has 0 unspecified atom stereocenters. The van der Waals surface area contributed by atoms with Crippen molar-refractivity contribution in [2.45, 2.75) is 104 Å². The van der Waals surface area contributed by atoms with Crippen LogP contribution in [0.2, 0.25) is 0 Å². The first kappa shape index (κ1) is 34.7. The maximum atomic E-state index is 12.1. The third kappa shape index (κ3) is 11.8. The summed E-state index contributed by atoms with van der Waals surface area (Å²) in [5.41, 5.74) is -1.16. The summed E-state index contributed by atoms with van der Waals surface area (Å²) in [5.74, 6) is -0.790. The summed E-state index contributed by atoms with van der Waals surface area (Å²) in [4.78, 5) is 50.2. The van der Waals surface area contributed by atoms with Crippen LogP contribution < -0.4 is 5.32 Å². The van der Waals surface area contributed by atoms with E-state index in [9.17, 15) is 19.2 Å². The molecule has 11 nitrogen and oxygen atoms in total. The molecule has 236 valence electrons. The van der Waals surface area contributed by atoms with Gasteiger partial charge in [-0.2, -0.15) is 0 Å². The maximum absolute atomic E-state index is 12.1. The summed E-state index contributed by atoms with van der Waals surface area (Å²) in [6, 6.07) is 9.56. The van der Waals surface area contributed by atoms with Crippen molar-refractivity contribution in [2.24, 2.45) is 5.41 Å². The standard InChI is InChI=1S/C19H28N2O4.C12H21NO4/c1-18(2,3)25-17(23)21-12-10-19(4,11-13-21)20-16(22)24-14-15-8-6-5-7-9-15;1-11(2,3)17-10(16)13-7-5-12(4,6-8-13)9(14)15/h5-9H,10-14H2,1-4H3,(H,20,22);5-8H2,1-4H3,(H,14,15). The lowest BCUT2D eigenvalue weighted by Gasteiger charge is -2.39. The third-order valence-corrected chi connectivity index (χ3v) is 7.17. The Balaban J connectivity index is 0.000000317. The zero-order valence-corrected chi connectivity index (χ0v) is 26.5. The summed E-state index contributed by atoms with van der Waals surface area (Å²) in [7, 11) is 0. The first-order valence-corrected chi connectivity index (χ1v) is 14.5. The van der Waals surface area contributed by atoms with E-state index in [1.54, 1.807) is 16.7 Å². The van der Waals surface area contributed by atoms with Gasteiger partial charge >= 0.3 is 24.2 Å². The van der Waals surface area contributed by atoms with Gasteiger partial charge in [-0.1, -0.05) is 30.3 Å². The Morgan fingerprint density at radius 2 is 1.21 bits per heavy atom. The molecule has 0 spiro atoms. The SMILES string of the molecule is CC(C)(C)OC(=O)N1CCC(C)(C(=O)O)CC1.CC1(NC(=O)OCc2ccccc2)CCN(C(=O)OC(C)(C)C)CC1. The summed E-state index contributed by atoms with van der Waals surface area (Å²) >= 11 is 0. The minimum Gasteiger partial charge on any atom is -0.481 e. The lowest BCUT2D eigenvalue weighted by Crippen LogP contribution is -2.54. The summed E-state index contributed by atoms with van der Waals surface area (Å²) in [6.07, 6.45) is 1.17. The minimum absolute atomic E-state index is 0.243. The second-order valence-corrected chi connectivity index (χ2v) is 13.5. The highest BCUT2D eigenvalue weighted by Crippen LogP contribution is 2.31. The van der Waals surface area contributed by atoms with Crippen molar-refractivity contribution >= 4 is 24.2 Å². The smallest absolute Gasteiger partial charge is 0.410 e. The molecule has 0 atom stereocenters. The molecule has 0 aliphatic carbocycles. The van der Waals surface area contributed by atoms with Gasteiger partial charge in [-0.3, -0.25) is 4.79 Å². The van der Waals surface area contributed by atoms with Crippen molar-refractivity contribution < 1.29 is 38.5 Å². The Morgan fingerprint density at radius 1 is 0.786 bits per heavy atom. The topological polar surface area (TPSA) is 135 Å². The van der Waals surface area contributed by atoms with Crippen LogP contribution in [0.4, 0.5) is 14.4 Å². The molecule has 2 aliphatic heterocycles. The molecular formula is C31H49N3O8. The normalized spacial score (nSPS) is 18.1. The molecule has 2 fully saturated rings. The van der Waals surface area contributed by atoms with Crippen molar-refractivity contribution in [1.82, 2.24) is 15.1 Å². The number of aliphatic carboxylic acids is 1. The summed E-state index contributed by atoms with van der Waals surface area (Å²) in [6.45, 7) is 16.9. The fourth-order valence-electron chi connectivity index (χ4n) is 4.36. The third-order valence-electron chi connectivity index (χ3n) is 7.17. The second-order valence-electron chi connectivity index (χ2n) is 13.5. The number of rotatable bonds is 4. The number of alkyl carbamates (subject to hydrolysis) is 1. The quantitative estimate of drug-likeness (QED) is 0.419. The highest BCUT2D eigenvalue weighted by molar-refractivity contribution is 5.75. The van der Waals surface area contributed by atoms with Crippen molar-refractivity contribution in [1.29, 1.82) is 0 Å². The van der Waals surface area contributed by atoms with E-state index in [2.05, 4.69) is 5.32 Å². The summed E-state index contributed by atoms with van der Waals surface area (Å²) in [5, 5.41) is 12.0. The maximum Gasteiger partial charge on any atom is 0.410 e. The van der Waals surface area contributed by atoms with Crippen molar-refractivity contribution in [3.8, 4) is 0 Å². The number of benzene rings is 1. The van der Waals surface area contributed by atoms with Crippen molar-refractivity contribution in [3.05, 3.63) is 35.9 Å². The number of amides is 3. The zero-order chi connectivity index (χ0) is 31.8. The fourth-order valence-corrected chi connectivity index (χ4v) is 4.36. The Hall–Kier alpha value is -3.50. The lowest BCUT2D eigenvalue weighted by molar-refractivity contribution is -0.150. The van der Waals surface area contributed by atoms with Gasteiger partial charge in [-0.25, -0.2) is 14.4 Å². The monoisotopic (exact) mass is 591 g/mol. The number of carbonyl (C=O) groups is 4. The molecule has 0 aromatic heterocycles. The van der Waals surface area contributed by atoms with Crippen LogP contribution in [0, 0.1) is 5.41 Å². The van der Waals surface area contributed by atoms with Gasteiger partial charge in [0.1, 0.15) is 17.8 Å². The van der Waals surface area contributed by atoms with Crippen LogP contribution in [0.15, 0.2) is 30.3 Å². The van der Waals surface area contributed by atoms with E-state index in [4.69, 9.17) is 19.3 Å². The van der Waals surface area contributed by atoms with E-state index < -0.39 is 28.7 Å². The fraction of sp³-hybridized carbons (Fsp3) is 0.677. The Morgan fingerprint density at radius 3 is 1.62 bits per heavy atom. The number of nitrogens with zero attached hydrogens (tertiary/aromatic N) is 2. The second kappa shape index (κ2) is 14.1. The van der Waals surface area contributed by atoms with E-state index >= 15 is 0 Å². The number of nitrogens with one attached hydrogen (secondary N) is 1.